The SMILES string of the molecule is Brc1ccc2c(c1)CCOC2.COC(=O)c1ccc2c(c1)CCOC2. The van der Waals surface area contributed by atoms with Crippen molar-refractivity contribution in [3.05, 3.63) is 68.7 Å². The van der Waals surface area contributed by atoms with E-state index in [9.17, 15) is 4.79 Å². The fourth-order valence-electron chi connectivity index (χ4n) is 2.94. The van der Waals surface area contributed by atoms with Crippen molar-refractivity contribution in [2.75, 3.05) is 20.3 Å². The van der Waals surface area contributed by atoms with Crippen LogP contribution in [0.4, 0.5) is 0 Å². The maximum atomic E-state index is 11.2. The fraction of sp³-hybridized carbons (Fsp3) is 0.350. The van der Waals surface area contributed by atoms with E-state index in [0.717, 1.165) is 37.1 Å². The number of benzene rings is 2. The second kappa shape index (κ2) is 8.61. The molecule has 2 aliphatic rings. The van der Waals surface area contributed by atoms with E-state index in [2.05, 4.69) is 38.9 Å². The van der Waals surface area contributed by atoms with Gasteiger partial charge in [0, 0.05) is 4.47 Å². The molecule has 0 atom stereocenters. The van der Waals surface area contributed by atoms with E-state index in [0.29, 0.717) is 12.2 Å². The first-order valence-electron chi connectivity index (χ1n) is 8.30. The number of carbonyl (C=O) groups excluding carboxylic acids is 1. The number of hydrogen-bond donors (Lipinski definition) is 0. The Labute approximate surface area is 156 Å². The van der Waals surface area contributed by atoms with Crippen molar-refractivity contribution in [1.29, 1.82) is 0 Å². The Morgan fingerprint density at radius 3 is 2.16 bits per heavy atom. The highest BCUT2D eigenvalue weighted by Crippen LogP contribution is 2.21. The van der Waals surface area contributed by atoms with Gasteiger partial charge in [-0.3, -0.25) is 0 Å². The number of esters is 1. The second-order valence-corrected chi connectivity index (χ2v) is 6.91. The summed E-state index contributed by atoms with van der Waals surface area (Å²) in [5.74, 6) is -0.278. The van der Waals surface area contributed by atoms with Gasteiger partial charge in [0.15, 0.2) is 0 Å². The standard InChI is InChI=1S/C11H12O3.C9H9BrO/c1-13-11(12)9-2-3-10-7-14-5-4-8(10)6-9;10-9-2-1-8-6-11-4-3-7(8)5-9/h2-3,6H,4-5,7H2,1H3;1-2,5H,3-4,6H2. The smallest absolute Gasteiger partial charge is 0.337 e. The zero-order valence-electron chi connectivity index (χ0n) is 14.2. The van der Waals surface area contributed by atoms with Crippen LogP contribution in [0.5, 0.6) is 0 Å². The molecule has 0 saturated heterocycles. The summed E-state index contributed by atoms with van der Waals surface area (Å²) in [4.78, 5) is 11.2. The molecule has 132 valence electrons. The predicted octanol–water partition coefficient (Wildman–Crippen LogP) is 4.07. The fourth-order valence-corrected chi connectivity index (χ4v) is 3.35. The predicted molar refractivity (Wildman–Crippen MR) is 98.6 cm³/mol. The van der Waals surface area contributed by atoms with Crippen LogP contribution in [0.2, 0.25) is 0 Å². The van der Waals surface area contributed by atoms with Crippen molar-refractivity contribution < 1.29 is 19.0 Å². The van der Waals surface area contributed by atoms with Crippen molar-refractivity contribution in [2.45, 2.75) is 26.1 Å². The summed E-state index contributed by atoms with van der Waals surface area (Å²) in [6.45, 7) is 3.03. The van der Waals surface area contributed by atoms with E-state index in [1.807, 2.05) is 12.1 Å². The quantitative estimate of drug-likeness (QED) is 0.672. The lowest BCUT2D eigenvalue weighted by Crippen LogP contribution is -2.11. The van der Waals surface area contributed by atoms with Crippen LogP contribution in [-0.2, 0) is 40.3 Å². The highest BCUT2D eigenvalue weighted by atomic mass is 79.9. The van der Waals surface area contributed by atoms with Crippen LogP contribution in [-0.4, -0.2) is 26.3 Å². The molecule has 25 heavy (non-hydrogen) atoms. The second-order valence-electron chi connectivity index (χ2n) is 5.99. The molecule has 0 aliphatic carbocycles. The third-order valence-electron chi connectivity index (χ3n) is 4.34. The summed E-state index contributed by atoms with van der Waals surface area (Å²) < 4.78 is 16.4. The molecule has 2 aromatic carbocycles. The van der Waals surface area contributed by atoms with Gasteiger partial charge in [0.25, 0.3) is 0 Å². The van der Waals surface area contributed by atoms with E-state index in [1.165, 1.54) is 29.4 Å². The minimum absolute atomic E-state index is 0.278. The Bertz CT molecular complexity index is 757. The van der Waals surface area contributed by atoms with Gasteiger partial charge in [-0.1, -0.05) is 28.1 Å². The molecule has 0 aromatic heterocycles. The van der Waals surface area contributed by atoms with Gasteiger partial charge < -0.3 is 14.2 Å². The molecule has 5 heteroatoms. The Morgan fingerprint density at radius 2 is 1.52 bits per heavy atom. The van der Waals surface area contributed by atoms with Crippen LogP contribution in [0.1, 0.15) is 32.6 Å². The van der Waals surface area contributed by atoms with Crippen LogP contribution in [0, 0.1) is 0 Å². The van der Waals surface area contributed by atoms with E-state index in [-0.39, 0.29) is 5.97 Å². The molecule has 2 aliphatic heterocycles. The van der Waals surface area contributed by atoms with Gasteiger partial charge >= 0.3 is 5.97 Å². The molecule has 0 saturated carbocycles. The molecule has 0 unspecified atom stereocenters. The zero-order chi connectivity index (χ0) is 17.6. The maximum Gasteiger partial charge on any atom is 0.337 e. The van der Waals surface area contributed by atoms with Gasteiger partial charge in [-0.2, -0.15) is 0 Å². The highest BCUT2D eigenvalue weighted by molar-refractivity contribution is 9.10. The molecule has 0 N–H and O–H groups in total. The minimum atomic E-state index is -0.278. The van der Waals surface area contributed by atoms with Gasteiger partial charge in [-0.05, 0) is 59.4 Å². The van der Waals surface area contributed by atoms with Crippen LogP contribution in [0.25, 0.3) is 0 Å². The molecule has 2 heterocycles. The first-order chi connectivity index (χ1) is 12.2. The first kappa shape index (κ1) is 18.1. The summed E-state index contributed by atoms with van der Waals surface area (Å²) in [5.41, 5.74) is 5.74. The van der Waals surface area contributed by atoms with Crippen LogP contribution >= 0.6 is 15.9 Å². The summed E-state index contributed by atoms with van der Waals surface area (Å²) in [7, 11) is 1.39. The van der Waals surface area contributed by atoms with Crippen LogP contribution < -0.4 is 0 Å². The van der Waals surface area contributed by atoms with Gasteiger partial charge in [0.05, 0.1) is 39.1 Å². The third-order valence-corrected chi connectivity index (χ3v) is 4.84. The number of halogens is 1. The molecule has 4 nitrogen and oxygen atoms in total. The first-order valence-corrected chi connectivity index (χ1v) is 9.09. The maximum absolute atomic E-state index is 11.2. The van der Waals surface area contributed by atoms with Crippen LogP contribution in [0.15, 0.2) is 40.9 Å². The summed E-state index contributed by atoms with van der Waals surface area (Å²) in [6.07, 6.45) is 1.93. The Morgan fingerprint density at radius 1 is 0.920 bits per heavy atom. The number of ether oxygens (including phenoxy) is 3. The topological polar surface area (TPSA) is 44.8 Å². The van der Waals surface area contributed by atoms with Crippen molar-refractivity contribution in [3.8, 4) is 0 Å². The zero-order valence-corrected chi connectivity index (χ0v) is 15.8. The highest BCUT2D eigenvalue weighted by Gasteiger charge is 2.12. The number of fused-ring (bicyclic) bond motifs is 2. The van der Waals surface area contributed by atoms with E-state index in [4.69, 9.17) is 9.47 Å². The molecule has 0 spiro atoms. The Hall–Kier alpha value is -1.69. The van der Waals surface area contributed by atoms with Gasteiger partial charge in [-0.15, -0.1) is 0 Å². The molecule has 0 amide bonds. The normalized spacial score (nSPS) is 15.3. The van der Waals surface area contributed by atoms with E-state index < -0.39 is 0 Å². The number of rotatable bonds is 1. The van der Waals surface area contributed by atoms with Gasteiger partial charge in [0.1, 0.15) is 0 Å². The number of methoxy groups -OCH3 is 1. The lowest BCUT2D eigenvalue weighted by atomic mass is 10.0. The molecule has 0 radical (unpaired) electrons. The van der Waals surface area contributed by atoms with Gasteiger partial charge in [-0.25, -0.2) is 4.79 Å². The molecular weight excluding hydrogens is 384 g/mol. The van der Waals surface area contributed by atoms with Crippen molar-refractivity contribution >= 4 is 21.9 Å². The van der Waals surface area contributed by atoms with Crippen molar-refractivity contribution in [1.82, 2.24) is 0 Å². The Kier molecular flexibility index (Phi) is 6.24. The average Bonchev–Trinajstić information content (AvgIpc) is 2.67. The monoisotopic (exact) mass is 404 g/mol. The lowest BCUT2D eigenvalue weighted by Gasteiger charge is -2.16. The summed E-state index contributed by atoms with van der Waals surface area (Å²) in [6, 6.07) is 12.0. The Balaban J connectivity index is 0.000000150. The molecule has 0 bridgehead atoms. The summed E-state index contributed by atoms with van der Waals surface area (Å²) in [5, 5.41) is 0. The summed E-state index contributed by atoms with van der Waals surface area (Å²) >= 11 is 3.45. The largest absolute Gasteiger partial charge is 0.465 e. The number of hydrogen-bond acceptors (Lipinski definition) is 4. The van der Waals surface area contributed by atoms with Crippen molar-refractivity contribution in [3.63, 3.8) is 0 Å². The average molecular weight is 405 g/mol. The molecular formula is C20H21BrO4. The van der Waals surface area contributed by atoms with Crippen molar-refractivity contribution in [2.24, 2.45) is 0 Å². The van der Waals surface area contributed by atoms with Gasteiger partial charge in [0.2, 0.25) is 0 Å². The molecule has 2 aromatic rings. The minimum Gasteiger partial charge on any atom is -0.465 e. The lowest BCUT2D eigenvalue weighted by molar-refractivity contribution is 0.0599. The molecule has 4 rings (SSSR count). The third kappa shape index (κ3) is 4.69. The molecule has 0 fully saturated rings. The van der Waals surface area contributed by atoms with Crippen LogP contribution in [0.3, 0.4) is 0 Å². The van der Waals surface area contributed by atoms with E-state index >= 15 is 0 Å². The van der Waals surface area contributed by atoms with E-state index in [1.54, 1.807) is 6.07 Å². The number of carbonyl (C=O) groups is 1.